The fourth-order valence-corrected chi connectivity index (χ4v) is 6.37. The molecule has 1 saturated heterocycles. The molecule has 168 valence electrons. The maximum atomic E-state index is 13.5. The number of benzene rings is 1. The molecule has 3 heterocycles. The van der Waals surface area contributed by atoms with Crippen molar-refractivity contribution in [1.82, 2.24) is 14.9 Å². The Morgan fingerprint density at radius 2 is 2.09 bits per heavy atom. The van der Waals surface area contributed by atoms with E-state index >= 15 is 0 Å². The molecule has 0 radical (unpaired) electrons. The van der Waals surface area contributed by atoms with E-state index in [1.165, 1.54) is 29.1 Å². The molecule has 3 aromatic rings. The van der Waals surface area contributed by atoms with Crippen molar-refractivity contribution in [2.75, 3.05) is 11.5 Å². The predicted octanol–water partition coefficient (Wildman–Crippen LogP) is 4.15. The third-order valence-corrected chi connectivity index (χ3v) is 8.30. The molecule has 1 aromatic carbocycles. The molecule has 0 spiro atoms. The van der Waals surface area contributed by atoms with Gasteiger partial charge in [-0.25, -0.2) is 18.4 Å². The van der Waals surface area contributed by atoms with Crippen molar-refractivity contribution >= 4 is 39.1 Å². The number of amides is 1. The normalized spacial score (nSPS) is 17.4. The number of hydrogen-bond acceptors (Lipinski definition) is 7. The first-order valence-electron chi connectivity index (χ1n) is 10.1. The average molecular weight is 492 g/mol. The molecule has 32 heavy (non-hydrogen) atoms. The SMILES string of the molecule is Cc1ccccc1CSc1ncc(Cl)c(C(=O)N(Cc2ccco2)[C@@H]2CCS(=O)(=O)C2)n1. The van der Waals surface area contributed by atoms with Gasteiger partial charge in [0.25, 0.3) is 5.91 Å². The summed E-state index contributed by atoms with van der Waals surface area (Å²) in [5.41, 5.74) is 2.38. The monoisotopic (exact) mass is 491 g/mol. The molecule has 0 N–H and O–H groups in total. The van der Waals surface area contributed by atoms with Gasteiger partial charge in [0, 0.05) is 11.8 Å². The Morgan fingerprint density at radius 1 is 1.28 bits per heavy atom. The van der Waals surface area contributed by atoms with E-state index in [2.05, 4.69) is 9.97 Å². The molecule has 7 nitrogen and oxygen atoms in total. The predicted molar refractivity (Wildman–Crippen MR) is 123 cm³/mol. The Bertz CT molecular complexity index is 1220. The van der Waals surface area contributed by atoms with Crippen LogP contribution in [0.5, 0.6) is 0 Å². The van der Waals surface area contributed by atoms with Crippen LogP contribution in [0.3, 0.4) is 0 Å². The molecule has 1 fully saturated rings. The van der Waals surface area contributed by atoms with Crippen LogP contribution in [-0.4, -0.2) is 46.7 Å². The maximum absolute atomic E-state index is 13.5. The summed E-state index contributed by atoms with van der Waals surface area (Å²) < 4.78 is 29.5. The second-order valence-electron chi connectivity index (χ2n) is 7.63. The highest BCUT2D eigenvalue weighted by atomic mass is 35.5. The minimum atomic E-state index is -3.19. The van der Waals surface area contributed by atoms with Gasteiger partial charge in [-0.15, -0.1) is 0 Å². The maximum Gasteiger partial charge on any atom is 0.274 e. The van der Waals surface area contributed by atoms with Crippen LogP contribution in [0, 0.1) is 6.92 Å². The summed E-state index contributed by atoms with van der Waals surface area (Å²) in [5.74, 6) is 0.737. The van der Waals surface area contributed by atoms with Crippen molar-refractivity contribution in [2.24, 2.45) is 0 Å². The lowest BCUT2D eigenvalue weighted by atomic mass is 10.1. The third-order valence-electron chi connectivity index (χ3n) is 5.36. The Hall–Kier alpha value is -2.36. The first kappa shape index (κ1) is 22.8. The summed E-state index contributed by atoms with van der Waals surface area (Å²) in [5, 5.41) is 0.554. The summed E-state index contributed by atoms with van der Waals surface area (Å²) in [7, 11) is -3.19. The molecular formula is C22H22ClN3O4S2. The van der Waals surface area contributed by atoms with E-state index < -0.39 is 21.8 Å². The molecule has 0 bridgehead atoms. The number of aromatic nitrogens is 2. The smallest absolute Gasteiger partial charge is 0.274 e. The quantitative estimate of drug-likeness (QED) is 0.362. The number of rotatable bonds is 7. The summed E-state index contributed by atoms with van der Waals surface area (Å²) in [6.07, 6.45) is 3.30. The van der Waals surface area contributed by atoms with E-state index in [0.717, 1.165) is 11.1 Å². The third kappa shape index (κ3) is 5.33. The van der Waals surface area contributed by atoms with Crippen LogP contribution in [0.4, 0.5) is 0 Å². The van der Waals surface area contributed by atoms with Crippen molar-refractivity contribution in [2.45, 2.75) is 36.8 Å². The number of hydrogen-bond donors (Lipinski definition) is 0. The van der Waals surface area contributed by atoms with Gasteiger partial charge in [-0.3, -0.25) is 4.79 Å². The highest BCUT2D eigenvalue weighted by molar-refractivity contribution is 7.98. The number of aryl methyl sites for hydroxylation is 1. The number of carbonyl (C=O) groups is 1. The molecule has 1 aliphatic rings. The summed E-state index contributed by atoms with van der Waals surface area (Å²) in [6.45, 7) is 2.17. The first-order chi connectivity index (χ1) is 15.3. The van der Waals surface area contributed by atoms with Gasteiger partial charge in [0.1, 0.15) is 5.76 Å². The number of nitrogens with zero attached hydrogens (tertiary/aromatic N) is 3. The molecule has 0 saturated carbocycles. The van der Waals surface area contributed by atoms with Crippen LogP contribution < -0.4 is 0 Å². The van der Waals surface area contributed by atoms with Gasteiger partial charge < -0.3 is 9.32 Å². The number of halogens is 1. The molecule has 1 atom stereocenters. The van der Waals surface area contributed by atoms with Crippen LogP contribution in [0.2, 0.25) is 5.02 Å². The van der Waals surface area contributed by atoms with Gasteiger partial charge in [-0.05, 0) is 36.6 Å². The summed E-state index contributed by atoms with van der Waals surface area (Å²) in [4.78, 5) is 23.6. The van der Waals surface area contributed by atoms with Gasteiger partial charge in [-0.2, -0.15) is 0 Å². The molecule has 0 aliphatic carbocycles. The van der Waals surface area contributed by atoms with E-state index in [1.54, 1.807) is 12.1 Å². The molecule has 4 rings (SSSR count). The Labute approximate surface area is 196 Å². The van der Waals surface area contributed by atoms with Gasteiger partial charge in [0.15, 0.2) is 20.7 Å². The number of carbonyl (C=O) groups excluding carboxylic acids is 1. The minimum Gasteiger partial charge on any atom is -0.467 e. The zero-order valence-corrected chi connectivity index (χ0v) is 19.8. The zero-order valence-electron chi connectivity index (χ0n) is 17.4. The lowest BCUT2D eigenvalue weighted by Crippen LogP contribution is -2.41. The van der Waals surface area contributed by atoms with Gasteiger partial charge in [0.2, 0.25) is 0 Å². The number of thioether (sulfide) groups is 1. The number of furan rings is 1. The van der Waals surface area contributed by atoms with Crippen LogP contribution in [0.15, 0.2) is 58.4 Å². The molecule has 1 aliphatic heterocycles. The standard InChI is InChI=1S/C22H22ClN3O4S2/c1-15-5-2-3-6-16(15)13-31-22-24-11-19(23)20(25-22)21(27)26(12-18-7-4-9-30-18)17-8-10-32(28,29)14-17/h2-7,9,11,17H,8,10,12-14H2,1H3/t17-/m1/s1. The fourth-order valence-electron chi connectivity index (χ4n) is 3.58. The van der Waals surface area contributed by atoms with Crippen molar-refractivity contribution in [3.63, 3.8) is 0 Å². The zero-order chi connectivity index (χ0) is 22.7. The van der Waals surface area contributed by atoms with Crippen LogP contribution >= 0.6 is 23.4 Å². The van der Waals surface area contributed by atoms with Crippen molar-refractivity contribution < 1.29 is 17.6 Å². The van der Waals surface area contributed by atoms with E-state index in [9.17, 15) is 13.2 Å². The molecule has 10 heteroatoms. The lowest BCUT2D eigenvalue weighted by Gasteiger charge is -2.27. The molecule has 2 aromatic heterocycles. The second kappa shape index (κ2) is 9.64. The Kier molecular flexibility index (Phi) is 6.88. The van der Waals surface area contributed by atoms with Crippen LogP contribution in [-0.2, 0) is 22.1 Å². The average Bonchev–Trinajstić information content (AvgIpc) is 3.41. The van der Waals surface area contributed by atoms with E-state index in [1.807, 2.05) is 31.2 Å². The second-order valence-corrected chi connectivity index (χ2v) is 11.2. The highest BCUT2D eigenvalue weighted by Crippen LogP contribution is 2.27. The van der Waals surface area contributed by atoms with E-state index in [0.29, 0.717) is 23.1 Å². The lowest BCUT2D eigenvalue weighted by molar-refractivity contribution is 0.0659. The van der Waals surface area contributed by atoms with Crippen molar-refractivity contribution in [3.05, 3.63) is 76.5 Å². The summed E-state index contributed by atoms with van der Waals surface area (Å²) >= 11 is 7.71. The fraction of sp³-hybridized carbons (Fsp3) is 0.318. The van der Waals surface area contributed by atoms with E-state index in [-0.39, 0.29) is 28.8 Å². The van der Waals surface area contributed by atoms with Gasteiger partial charge >= 0.3 is 0 Å². The molecular weight excluding hydrogens is 470 g/mol. The van der Waals surface area contributed by atoms with E-state index in [4.69, 9.17) is 16.0 Å². The highest BCUT2D eigenvalue weighted by Gasteiger charge is 2.36. The Morgan fingerprint density at radius 3 is 2.78 bits per heavy atom. The first-order valence-corrected chi connectivity index (χ1v) is 13.2. The van der Waals surface area contributed by atoms with Crippen molar-refractivity contribution in [1.29, 1.82) is 0 Å². The molecule has 0 unspecified atom stereocenters. The minimum absolute atomic E-state index is 0.0502. The largest absolute Gasteiger partial charge is 0.467 e. The molecule has 1 amide bonds. The summed E-state index contributed by atoms with van der Waals surface area (Å²) in [6, 6.07) is 11.0. The van der Waals surface area contributed by atoms with Crippen LogP contribution in [0.25, 0.3) is 0 Å². The van der Waals surface area contributed by atoms with Crippen LogP contribution in [0.1, 0.15) is 33.8 Å². The van der Waals surface area contributed by atoms with Gasteiger partial charge in [0.05, 0.1) is 35.5 Å². The number of sulfone groups is 1. The topological polar surface area (TPSA) is 93.4 Å². The van der Waals surface area contributed by atoms with Crippen molar-refractivity contribution in [3.8, 4) is 0 Å². The Balaban J connectivity index is 1.58. The van der Waals surface area contributed by atoms with Gasteiger partial charge in [-0.1, -0.05) is 47.6 Å².